The van der Waals surface area contributed by atoms with Gasteiger partial charge in [0.2, 0.25) is 10.0 Å². The van der Waals surface area contributed by atoms with Crippen LogP contribution in [0.1, 0.15) is 25.7 Å². The predicted molar refractivity (Wildman–Crippen MR) is 71.0 cm³/mol. The Morgan fingerprint density at radius 1 is 1.32 bits per heavy atom. The monoisotopic (exact) mass is 287 g/mol. The molecular weight excluding hydrogens is 266 g/mol. The summed E-state index contributed by atoms with van der Waals surface area (Å²) in [7, 11) is -3.25. The zero-order chi connectivity index (χ0) is 13.7. The van der Waals surface area contributed by atoms with Crippen molar-refractivity contribution in [1.29, 1.82) is 5.26 Å². The summed E-state index contributed by atoms with van der Waals surface area (Å²) in [5.41, 5.74) is 0. The molecule has 2 fully saturated rings. The van der Waals surface area contributed by atoms with Crippen molar-refractivity contribution in [2.45, 2.75) is 37.8 Å². The highest BCUT2D eigenvalue weighted by atomic mass is 32.2. The molecule has 6 nitrogen and oxygen atoms in total. The minimum Gasteiger partial charge on any atom is -0.377 e. The number of rotatable bonds is 5. The molecule has 1 N–H and O–H groups in total. The van der Waals surface area contributed by atoms with Crippen LogP contribution in [0.2, 0.25) is 0 Å². The van der Waals surface area contributed by atoms with Crippen LogP contribution in [0.25, 0.3) is 0 Å². The molecule has 0 amide bonds. The van der Waals surface area contributed by atoms with Crippen LogP contribution in [0.15, 0.2) is 0 Å². The molecule has 2 saturated heterocycles. The largest absolute Gasteiger partial charge is 0.377 e. The van der Waals surface area contributed by atoms with Crippen molar-refractivity contribution in [3.63, 3.8) is 0 Å². The number of piperidine rings is 1. The molecule has 0 aliphatic carbocycles. The van der Waals surface area contributed by atoms with Crippen molar-refractivity contribution in [2.24, 2.45) is 0 Å². The average Bonchev–Trinajstić information content (AvgIpc) is 2.83. The number of likely N-dealkylation sites (tertiary alicyclic amines) is 1. The molecule has 1 atom stereocenters. The maximum Gasteiger partial charge on any atom is 0.214 e. The van der Waals surface area contributed by atoms with Gasteiger partial charge in [-0.3, -0.25) is 4.90 Å². The van der Waals surface area contributed by atoms with E-state index in [2.05, 4.69) is 10.8 Å². The van der Waals surface area contributed by atoms with Gasteiger partial charge >= 0.3 is 0 Å². The van der Waals surface area contributed by atoms with Crippen LogP contribution in [0.5, 0.6) is 0 Å². The van der Waals surface area contributed by atoms with Crippen LogP contribution in [-0.4, -0.2) is 57.5 Å². The lowest BCUT2D eigenvalue weighted by Gasteiger charge is -2.30. The highest BCUT2D eigenvalue weighted by Crippen LogP contribution is 2.15. The molecule has 2 heterocycles. The normalized spacial score (nSPS) is 26.4. The molecule has 0 aromatic rings. The van der Waals surface area contributed by atoms with E-state index in [1.807, 2.05) is 4.90 Å². The lowest BCUT2D eigenvalue weighted by molar-refractivity contribution is 0.127. The first-order valence-corrected chi connectivity index (χ1v) is 8.45. The third-order valence-corrected chi connectivity index (χ3v) is 5.16. The van der Waals surface area contributed by atoms with Gasteiger partial charge in [-0.15, -0.1) is 0 Å². The quantitative estimate of drug-likeness (QED) is 0.724. The number of nitrogens with zero attached hydrogens (tertiary/aromatic N) is 2. The SMILES string of the molecule is N#CCN1CCC(NS(=O)(=O)CC2CCCO2)CC1. The third kappa shape index (κ3) is 4.73. The minimum absolute atomic E-state index is 0.00125. The lowest BCUT2D eigenvalue weighted by Crippen LogP contribution is -2.46. The van der Waals surface area contributed by atoms with Crippen LogP contribution in [0.4, 0.5) is 0 Å². The summed E-state index contributed by atoms with van der Waals surface area (Å²) < 4.78 is 32.1. The first kappa shape index (κ1) is 14.7. The van der Waals surface area contributed by atoms with E-state index in [0.717, 1.165) is 38.8 Å². The van der Waals surface area contributed by atoms with Gasteiger partial charge in [0, 0.05) is 25.7 Å². The fourth-order valence-electron chi connectivity index (χ4n) is 2.63. The lowest BCUT2D eigenvalue weighted by atomic mass is 10.1. The van der Waals surface area contributed by atoms with Gasteiger partial charge in [0.05, 0.1) is 24.5 Å². The van der Waals surface area contributed by atoms with E-state index >= 15 is 0 Å². The van der Waals surface area contributed by atoms with Gasteiger partial charge in [-0.25, -0.2) is 13.1 Å². The third-order valence-electron chi connectivity index (χ3n) is 3.66. The molecule has 0 radical (unpaired) electrons. The molecular formula is C12H21N3O3S. The molecule has 0 aromatic carbocycles. The molecule has 7 heteroatoms. The first-order chi connectivity index (χ1) is 9.09. The van der Waals surface area contributed by atoms with Crippen molar-refractivity contribution in [3.8, 4) is 6.07 Å². The maximum absolute atomic E-state index is 12.0. The van der Waals surface area contributed by atoms with Gasteiger partial charge in [-0.05, 0) is 25.7 Å². The number of hydrogen-bond acceptors (Lipinski definition) is 5. The second kappa shape index (κ2) is 6.66. The Labute approximate surface area is 114 Å². The molecule has 0 spiro atoms. The topological polar surface area (TPSA) is 82.4 Å². The van der Waals surface area contributed by atoms with E-state index in [-0.39, 0.29) is 17.9 Å². The summed E-state index contributed by atoms with van der Waals surface area (Å²) >= 11 is 0. The van der Waals surface area contributed by atoms with Crippen LogP contribution in [0.3, 0.4) is 0 Å². The smallest absolute Gasteiger partial charge is 0.214 e. The zero-order valence-corrected chi connectivity index (χ0v) is 11.9. The fourth-order valence-corrected chi connectivity index (χ4v) is 4.22. The second-order valence-corrected chi connectivity index (χ2v) is 7.04. The number of nitrogens with one attached hydrogen (secondary N) is 1. The molecule has 0 saturated carbocycles. The molecule has 2 rings (SSSR count). The average molecular weight is 287 g/mol. The Kier molecular flexibility index (Phi) is 5.16. The van der Waals surface area contributed by atoms with Gasteiger partial charge in [-0.1, -0.05) is 0 Å². The maximum atomic E-state index is 12.0. The van der Waals surface area contributed by atoms with Crippen LogP contribution in [-0.2, 0) is 14.8 Å². The van der Waals surface area contributed by atoms with Gasteiger partial charge in [0.1, 0.15) is 0 Å². The fraction of sp³-hybridized carbons (Fsp3) is 0.917. The number of nitriles is 1. The van der Waals surface area contributed by atoms with E-state index in [1.165, 1.54) is 0 Å². The summed E-state index contributed by atoms with van der Waals surface area (Å²) in [5, 5.41) is 8.61. The Hall–Kier alpha value is -0.680. The van der Waals surface area contributed by atoms with Crippen molar-refractivity contribution in [1.82, 2.24) is 9.62 Å². The van der Waals surface area contributed by atoms with Crippen molar-refractivity contribution < 1.29 is 13.2 Å². The number of hydrogen-bond donors (Lipinski definition) is 1. The van der Waals surface area contributed by atoms with Crippen molar-refractivity contribution in [3.05, 3.63) is 0 Å². The number of sulfonamides is 1. The number of ether oxygens (including phenoxy) is 1. The summed E-state index contributed by atoms with van der Waals surface area (Å²) in [4.78, 5) is 2.05. The van der Waals surface area contributed by atoms with E-state index in [1.54, 1.807) is 0 Å². The molecule has 2 aliphatic heterocycles. The summed E-state index contributed by atoms with van der Waals surface area (Å²) in [6.45, 7) is 2.66. The zero-order valence-electron chi connectivity index (χ0n) is 11.0. The Bertz CT molecular complexity index is 418. The van der Waals surface area contributed by atoms with Gasteiger partial charge in [0.15, 0.2) is 0 Å². The van der Waals surface area contributed by atoms with E-state index in [9.17, 15) is 8.42 Å². The van der Waals surface area contributed by atoms with Gasteiger partial charge in [-0.2, -0.15) is 5.26 Å². The predicted octanol–water partition coefficient (Wildman–Crippen LogP) is 0.0728. The van der Waals surface area contributed by atoms with Gasteiger partial charge < -0.3 is 4.74 Å². The standard InChI is InChI=1S/C12H21N3O3S/c13-5-8-15-6-3-11(4-7-15)14-19(16,17)10-12-2-1-9-18-12/h11-12,14H,1-4,6-10H2. The molecule has 0 aromatic heterocycles. The first-order valence-electron chi connectivity index (χ1n) is 6.80. The Morgan fingerprint density at radius 2 is 2.05 bits per heavy atom. The van der Waals surface area contributed by atoms with Crippen LogP contribution < -0.4 is 4.72 Å². The second-order valence-electron chi connectivity index (χ2n) is 5.24. The summed E-state index contributed by atoms with van der Waals surface area (Å²) in [6, 6.07) is 2.12. The highest BCUT2D eigenvalue weighted by molar-refractivity contribution is 7.89. The van der Waals surface area contributed by atoms with E-state index in [4.69, 9.17) is 10.00 Å². The van der Waals surface area contributed by atoms with E-state index < -0.39 is 10.0 Å². The van der Waals surface area contributed by atoms with Crippen molar-refractivity contribution in [2.75, 3.05) is 32.0 Å². The highest BCUT2D eigenvalue weighted by Gasteiger charge is 2.27. The molecule has 2 aliphatic rings. The van der Waals surface area contributed by atoms with E-state index in [0.29, 0.717) is 13.2 Å². The Morgan fingerprint density at radius 3 is 2.63 bits per heavy atom. The molecule has 19 heavy (non-hydrogen) atoms. The molecule has 0 bridgehead atoms. The summed E-state index contributed by atoms with van der Waals surface area (Å²) in [6.07, 6.45) is 3.18. The van der Waals surface area contributed by atoms with Crippen molar-refractivity contribution >= 4 is 10.0 Å². The summed E-state index contributed by atoms with van der Waals surface area (Å²) in [5.74, 6) is 0.0748. The molecule has 108 valence electrons. The minimum atomic E-state index is -3.25. The molecule has 1 unspecified atom stereocenters. The van der Waals surface area contributed by atoms with Crippen LogP contribution >= 0.6 is 0 Å². The van der Waals surface area contributed by atoms with Gasteiger partial charge in [0.25, 0.3) is 0 Å². The van der Waals surface area contributed by atoms with Crippen LogP contribution in [0, 0.1) is 11.3 Å². The Balaban J connectivity index is 1.76.